The first-order chi connectivity index (χ1) is 12.8. The van der Waals surface area contributed by atoms with Gasteiger partial charge in [0.15, 0.2) is 11.5 Å². The van der Waals surface area contributed by atoms with Crippen molar-refractivity contribution in [2.24, 2.45) is 5.41 Å². The van der Waals surface area contributed by atoms with Crippen molar-refractivity contribution in [3.05, 3.63) is 43.0 Å². The molecule has 0 aliphatic carbocycles. The second-order valence-corrected chi connectivity index (χ2v) is 6.89. The van der Waals surface area contributed by atoms with Crippen LogP contribution in [0, 0.1) is 5.41 Å². The monoisotopic (exact) mass is 353 g/mol. The molecule has 7 heteroatoms. The molecule has 3 heterocycles. The fraction of sp³-hybridized carbons (Fsp3) is 0.421. The highest BCUT2D eigenvalue weighted by molar-refractivity contribution is 5.82. The smallest absolute Gasteiger partial charge is 0.182 e. The number of rotatable bonds is 6. The predicted octanol–water partition coefficient (Wildman–Crippen LogP) is 2.40. The van der Waals surface area contributed by atoms with Gasteiger partial charge in [-0.25, -0.2) is 15.0 Å². The van der Waals surface area contributed by atoms with Crippen LogP contribution in [0.25, 0.3) is 11.2 Å². The van der Waals surface area contributed by atoms with Crippen molar-refractivity contribution < 1.29 is 9.84 Å². The maximum Gasteiger partial charge on any atom is 0.182 e. The summed E-state index contributed by atoms with van der Waals surface area (Å²) in [5.74, 6) is 1.72. The van der Waals surface area contributed by atoms with E-state index in [1.54, 1.807) is 12.7 Å². The summed E-state index contributed by atoms with van der Waals surface area (Å²) < 4.78 is 5.86. The van der Waals surface area contributed by atoms with E-state index < -0.39 is 0 Å². The molecule has 136 valence electrons. The van der Waals surface area contributed by atoms with Crippen LogP contribution in [0.5, 0.6) is 5.75 Å². The molecule has 0 radical (unpaired) electrons. The zero-order chi connectivity index (χ0) is 17.8. The molecule has 3 aromatic rings. The number of nitrogens with zero attached hydrogens (tertiary/aromatic N) is 4. The van der Waals surface area contributed by atoms with Gasteiger partial charge in [0.25, 0.3) is 0 Å². The molecule has 1 aliphatic rings. The normalized spacial score (nSPS) is 20.4. The van der Waals surface area contributed by atoms with E-state index in [4.69, 9.17) is 4.74 Å². The first-order valence-corrected chi connectivity index (χ1v) is 8.97. The summed E-state index contributed by atoms with van der Waals surface area (Å²) in [7, 11) is 0. The molecule has 7 nitrogen and oxygen atoms in total. The molecule has 0 spiro atoms. The number of H-pyrrole nitrogens is 1. The Morgan fingerprint density at radius 3 is 2.92 bits per heavy atom. The van der Waals surface area contributed by atoms with E-state index in [0.29, 0.717) is 12.3 Å². The van der Waals surface area contributed by atoms with Gasteiger partial charge in [0, 0.05) is 18.5 Å². The zero-order valence-electron chi connectivity index (χ0n) is 14.6. The minimum atomic E-state index is -0.190. The topological polar surface area (TPSA) is 87.2 Å². The van der Waals surface area contributed by atoms with Crippen LogP contribution in [0.1, 0.15) is 19.3 Å². The number of anilines is 1. The van der Waals surface area contributed by atoms with Gasteiger partial charge >= 0.3 is 0 Å². The van der Waals surface area contributed by atoms with Crippen LogP contribution in [0.4, 0.5) is 5.82 Å². The number of nitrogens with one attached hydrogen (secondary N) is 1. The molecule has 0 bridgehead atoms. The van der Waals surface area contributed by atoms with E-state index in [2.05, 4.69) is 24.8 Å². The van der Waals surface area contributed by atoms with Gasteiger partial charge in [0.2, 0.25) is 0 Å². The third-order valence-corrected chi connectivity index (χ3v) is 5.14. The lowest BCUT2D eigenvalue weighted by atomic mass is 9.78. The lowest BCUT2D eigenvalue weighted by Gasteiger charge is -2.42. The molecule has 1 saturated heterocycles. The van der Waals surface area contributed by atoms with E-state index in [1.807, 2.05) is 30.3 Å². The molecule has 1 unspecified atom stereocenters. The number of hydrogen-bond donors (Lipinski definition) is 2. The highest BCUT2D eigenvalue weighted by Gasteiger charge is 2.36. The average Bonchev–Trinajstić information content (AvgIpc) is 3.18. The second-order valence-electron chi connectivity index (χ2n) is 6.89. The van der Waals surface area contributed by atoms with Gasteiger partial charge in [-0.05, 0) is 31.4 Å². The Labute approximate surface area is 152 Å². The van der Waals surface area contributed by atoms with Gasteiger partial charge in [-0.3, -0.25) is 0 Å². The molecule has 1 aliphatic heterocycles. The maximum absolute atomic E-state index is 10.1. The van der Waals surface area contributed by atoms with E-state index in [9.17, 15) is 5.11 Å². The van der Waals surface area contributed by atoms with Gasteiger partial charge in [0.1, 0.15) is 17.6 Å². The third kappa shape index (κ3) is 3.35. The summed E-state index contributed by atoms with van der Waals surface area (Å²) in [4.78, 5) is 18.2. The number of piperidine rings is 1. The number of benzene rings is 1. The largest absolute Gasteiger partial charge is 0.494 e. The lowest BCUT2D eigenvalue weighted by molar-refractivity contribution is 0.0792. The maximum atomic E-state index is 10.1. The number of para-hydroxylation sites is 1. The number of fused-ring (bicyclic) bond motifs is 1. The summed E-state index contributed by atoms with van der Waals surface area (Å²) in [6.45, 7) is 2.37. The van der Waals surface area contributed by atoms with E-state index >= 15 is 0 Å². The Bertz CT molecular complexity index is 853. The molecule has 1 atom stereocenters. The number of ether oxygens (including phenoxy) is 1. The van der Waals surface area contributed by atoms with Crippen molar-refractivity contribution in [3.8, 4) is 5.75 Å². The number of aliphatic hydroxyl groups is 1. The van der Waals surface area contributed by atoms with Gasteiger partial charge in [-0.1, -0.05) is 18.2 Å². The Hall–Kier alpha value is -2.67. The Balaban J connectivity index is 1.47. The van der Waals surface area contributed by atoms with Crippen LogP contribution in [0.3, 0.4) is 0 Å². The van der Waals surface area contributed by atoms with E-state index in [-0.39, 0.29) is 12.0 Å². The number of aromatic nitrogens is 4. The minimum absolute atomic E-state index is 0.138. The molecule has 1 aromatic carbocycles. The Kier molecular flexibility index (Phi) is 4.71. The van der Waals surface area contributed by atoms with Crippen molar-refractivity contribution in [2.45, 2.75) is 19.3 Å². The van der Waals surface area contributed by atoms with Crippen LogP contribution in [-0.4, -0.2) is 51.3 Å². The van der Waals surface area contributed by atoms with Gasteiger partial charge in [0.05, 0.1) is 19.5 Å². The highest BCUT2D eigenvalue weighted by atomic mass is 16.5. The third-order valence-electron chi connectivity index (χ3n) is 5.14. The summed E-state index contributed by atoms with van der Waals surface area (Å²) in [6.07, 6.45) is 5.97. The standard InChI is InChI=1S/C19H23N5O2/c25-12-19(8-10-26-15-5-2-1-3-6-15)7-4-9-24(11-19)18-16-17(21-13-20-16)22-14-23-18/h1-3,5-6,13-14,25H,4,7-12H2,(H,20,21,22,23). The Morgan fingerprint density at radius 1 is 1.19 bits per heavy atom. The SMILES string of the molecule is OCC1(CCOc2ccccc2)CCCN(c2ncnc3nc[nH]c23)C1. The van der Waals surface area contributed by atoms with Crippen LogP contribution >= 0.6 is 0 Å². The molecule has 4 rings (SSSR count). The van der Waals surface area contributed by atoms with E-state index in [1.165, 1.54) is 0 Å². The molecule has 2 N–H and O–H groups in total. The molecule has 1 fully saturated rings. The molecule has 0 saturated carbocycles. The first-order valence-electron chi connectivity index (χ1n) is 8.97. The van der Waals surface area contributed by atoms with Crippen molar-refractivity contribution in [3.63, 3.8) is 0 Å². The van der Waals surface area contributed by atoms with Crippen LogP contribution < -0.4 is 9.64 Å². The molecule has 26 heavy (non-hydrogen) atoms. The summed E-state index contributed by atoms with van der Waals surface area (Å²) in [5, 5.41) is 10.1. The van der Waals surface area contributed by atoms with Crippen molar-refractivity contribution >= 4 is 17.0 Å². The summed E-state index contributed by atoms with van der Waals surface area (Å²) in [6, 6.07) is 9.80. The van der Waals surface area contributed by atoms with Crippen molar-refractivity contribution in [1.29, 1.82) is 0 Å². The van der Waals surface area contributed by atoms with Crippen LogP contribution in [0.2, 0.25) is 0 Å². The molecular weight excluding hydrogens is 330 g/mol. The number of imidazole rings is 1. The average molecular weight is 353 g/mol. The van der Waals surface area contributed by atoms with Crippen LogP contribution in [0.15, 0.2) is 43.0 Å². The Morgan fingerprint density at radius 2 is 2.08 bits per heavy atom. The van der Waals surface area contributed by atoms with Gasteiger partial charge < -0.3 is 19.7 Å². The van der Waals surface area contributed by atoms with Crippen molar-refractivity contribution in [1.82, 2.24) is 19.9 Å². The number of hydrogen-bond acceptors (Lipinski definition) is 6. The quantitative estimate of drug-likeness (QED) is 0.708. The minimum Gasteiger partial charge on any atom is -0.494 e. The molecular formula is C19H23N5O2. The highest BCUT2D eigenvalue weighted by Crippen LogP contribution is 2.36. The van der Waals surface area contributed by atoms with Crippen molar-refractivity contribution in [2.75, 3.05) is 31.2 Å². The lowest BCUT2D eigenvalue weighted by Crippen LogP contribution is -2.46. The first kappa shape index (κ1) is 16.8. The van der Waals surface area contributed by atoms with Crippen LogP contribution in [-0.2, 0) is 0 Å². The molecule has 2 aromatic heterocycles. The number of aromatic amines is 1. The summed E-state index contributed by atoms with van der Waals surface area (Å²) >= 11 is 0. The fourth-order valence-electron chi connectivity index (χ4n) is 3.70. The molecule has 0 amide bonds. The zero-order valence-corrected chi connectivity index (χ0v) is 14.6. The van der Waals surface area contributed by atoms with Gasteiger partial charge in [-0.15, -0.1) is 0 Å². The predicted molar refractivity (Wildman–Crippen MR) is 99.2 cm³/mol. The summed E-state index contributed by atoms with van der Waals surface area (Å²) in [5.41, 5.74) is 1.33. The fourth-order valence-corrected chi connectivity index (χ4v) is 3.70. The second kappa shape index (κ2) is 7.29. The number of aliphatic hydroxyl groups excluding tert-OH is 1. The van der Waals surface area contributed by atoms with Gasteiger partial charge in [-0.2, -0.15) is 0 Å². The van der Waals surface area contributed by atoms with E-state index in [0.717, 1.165) is 49.4 Å².